The zero-order valence-electron chi connectivity index (χ0n) is 23.9. The van der Waals surface area contributed by atoms with E-state index in [1.54, 1.807) is 18.1 Å². The third-order valence-corrected chi connectivity index (χ3v) is 7.77. The summed E-state index contributed by atoms with van der Waals surface area (Å²) in [7, 11) is 3.53. The monoisotopic (exact) mass is 563 g/mol. The first-order chi connectivity index (χ1) is 19.0. The van der Waals surface area contributed by atoms with Crippen molar-refractivity contribution in [3.63, 3.8) is 0 Å². The van der Waals surface area contributed by atoms with Crippen molar-refractivity contribution in [3.05, 3.63) is 71.9 Å². The first-order valence-corrected chi connectivity index (χ1v) is 14.4. The Balaban J connectivity index is 1.65. The normalized spacial score (nSPS) is 15.2. The van der Waals surface area contributed by atoms with E-state index in [1.807, 2.05) is 93.6 Å². The number of fused-ring (bicyclic) bond motifs is 1. The van der Waals surface area contributed by atoms with Gasteiger partial charge in [-0.2, -0.15) is 0 Å². The third kappa shape index (κ3) is 6.50. The SMILES string of the molecule is CSc1ncc2c(n1)N(C)CCN(c1cccc(OC(CC(N(C)C(=O)O)C(C)(C)C)c3ccccc3)c1)C2=O. The number of carbonyl (C=O) groups excluding carboxylic acids is 1. The zero-order valence-corrected chi connectivity index (χ0v) is 24.7. The molecule has 0 radical (unpaired) electrons. The lowest BCUT2D eigenvalue weighted by Gasteiger charge is -2.38. The van der Waals surface area contributed by atoms with Crippen LogP contribution in [-0.4, -0.2) is 71.5 Å². The number of anilines is 2. The number of amides is 2. The molecule has 2 amide bonds. The van der Waals surface area contributed by atoms with Gasteiger partial charge in [0.25, 0.3) is 5.91 Å². The molecule has 9 nitrogen and oxygen atoms in total. The lowest BCUT2D eigenvalue weighted by Crippen LogP contribution is -2.45. The maximum atomic E-state index is 13.6. The number of carboxylic acid groups (broad SMARTS) is 1. The number of rotatable bonds is 8. The Kier molecular flexibility index (Phi) is 8.88. The third-order valence-electron chi connectivity index (χ3n) is 7.21. The molecule has 0 fully saturated rings. The van der Waals surface area contributed by atoms with Crippen LogP contribution in [0.15, 0.2) is 66.0 Å². The molecule has 40 heavy (non-hydrogen) atoms. The minimum atomic E-state index is -0.979. The van der Waals surface area contributed by atoms with Crippen molar-refractivity contribution in [1.82, 2.24) is 14.9 Å². The minimum absolute atomic E-state index is 0.167. The highest BCUT2D eigenvalue weighted by atomic mass is 32.2. The second-order valence-corrected chi connectivity index (χ2v) is 11.8. The Hall–Kier alpha value is -3.79. The van der Waals surface area contributed by atoms with E-state index >= 15 is 0 Å². The average molecular weight is 564 g/mol. The zero-order chi connectivity index (χ0) is 29.0. The van der Waals surface area contributed by atoms with Crippen molar-refractivity contribution in [2.75, 3.05) is 43.2 Å². The van der Waals surface area contributed by atoms with Crippen LogP contribution >= 0.6 is 11.8 Å². The Bertz CT molecular complexity index is 1350. The molecular weight excluding hydrogens is 526 g/mol. The maximum absolute atomic E-state index is 13.6. The van der Waals surface area contributed by atoms with Gasteiger partial charge >= 0.3 is 6.09 Å². The van der Waals surface area contributed by atoms with Crippen LogP contribution in [-0.2, 0) is 0 Å². The van der Waals surface area contributed by atoms with Gasteiger partial charge in [-0.1, -0.05) is 68.9 Å². The fourth-order valence-corrected chi connectivity index (χ4v) is 5.32. The molecule has 212 valence electrons. The Morgan fingerprint density at radius 3 is 2.52 bits per heavy atom. The molecule has 2 aromatic carbocycles. The van der Waals surface area contributed by atoms with Gasteiger partial charge in [0.2, 0.25) is 0 Å². The lowest BCUT2D eigenvalue weighted by molar-refractivity contribution is 0.0646. The molecule has 4 rings (SSSR count). The predicted molar refractivity (Wildman–Crippen MR) is 159 cm³/mol. The summed E-state index contributed by atoms with van der Waals surface area (Å²) in [6.07, 6.45) is 2.57. The highest BCUT2D eigenvalue weighted by Gasteiger charge is 2.35. The molecule has 0 saturated heterocycles. The van der Waals surface area contributed by atoms with E-state index in [9.17, 15) is 14.7 Å². The van der Waals surface area contributed by atoms with Crippen molar-refractivity contribution in [1.29, 1.82) is 0 Å². The fourth-order valence-electron chi connectivity index (χ4n) is 4.98. The molecule has 3 aromatic rings. The molecule has 0 spiro atoms. The largest absolute Gasteiger partial charge is 0.486 e. The first-order valence-electron chi connectivity index (χ1n) is 13.2. The lowest BCUT2D eigenvalue weighted by atomic mass is 9.81. The van der Waals surface area contributed by atoms with Crippen LogP contribution in [0.1, 0.15) is 49.2 Å². The van der Waals surface area contributed by atoms with Gasteiger partial charge in [0, 0.05) is 57.6 Å². The number of hydrogen-bond donors (Lipinski definition) is 1. The number of likely N-dealkylation sites (N-methyl/N-ethyl adjacent to an activating group) is 1. The molecule has 1 N–H and O–H groups in total. The molecule has 0 saturated carbocycles. The summed E-state index contributed by atoms with van der Waals surface area (Å²) in [6, 6.07) is 17.0. The smallest absolute Gasteiger partial charge is 0.407 e. The van der Waals surface area contributed by atoms with Crippen molar-refractivity contribution < 1.29 is 19.4 Å². The molecule has 10 heteroatoms. The van der Waals surface area contributed by atoms with Gasteiger partial charge in [-0.3, -0.25) is 4.79 Å². The van der Waals surface area contributed by atoms with Crippen molar-refractivity contribution in [2.45, 2.75) is 44.5 Å². The summed E-state index contributed by atoms with van der Waals surface area (Å²) in [4.78, 5) is 39.5. The van der Waals surface area contributed by atoms with Gasteiger partial charge in [-0.05, 0) is 29.4 Å². The summed E-state index contributed by atoms with van der Waals surface area (Å²) in [5.74, 6) is 1.05. The van der Waals surface area contributed by atoms with E-state index in [4.69, 9.17) is 4.74 Å². The van der Waals surface area contributed by atoms with Crippen LogP contribution in [0.3, 0.4) is 0 Å². The van der Waals surface area contributed by atoms with Crippen molar-refractivity contribution in [3.8, 4) is 5.75 Å². The number of benzene rings is 2. The molecule has 0 aliphatic carbocycles. The fraction of sp³-hybridized carbons (Fsp3) is 0.400. The molecule has 0 bridgehead atoms. The number of ether oxygens (including phenoxy) is 1. The van der Waals surface area contributed by atoms with E-state index < -0.39 is 12.2 Å². The van der Waals surface area contributed by atoms with E-state index in [-0.39, 0.29) is 17.4 Å². The summed E-state index contributed by atoms with van der Waals surface area (Å²) in [5.41, 5.74) is 1.79. The van der Waals surface area contributed by atoms with E-state index in [0.29, 0.717) is 47.5 Å². The number of carbonyl (C=O) groups is 2. The van der Waals surface area contributed by atoms with Crippen LogP contribution < -0.4 is 14.5 Å². The summed E-state index contributed by atoms with van der Waals surface area (Å²) >= 11 is 1.44. The minimum Gasteiger partial charge on any atom is -0.486 e. The van der Waals surface area contributed by atoms with E-state index in [0.717, 1.165) is 5.56 Å². The van der Waals surface area contributed by atoms with Crippen LogP contribution in [0, 0.1) is 5.41 Å². The summed E-state index contributed by atoms with van der Waals surface area (Å²) in [5, 5.41) is 10.4. The molecule has 2 unspecified atom stereocenters. The highest BCUT2D eigenvalue weighted by Crippen LogP contribution is 2.36. The van der Waals surface area contributed by atoms with Crippen molar-refractivity contribution >= 4 is 35.3 Å². The molecule has 1 aliphatic rings. The van der Waals surface area contributed by atoms with Gasteiger partial charge in [-0.15, -0.1) is 0 Å². The van der Waals surface area contributed by atoms with Gasteiger partial charge < -0.3 is 24.5 Å². The van der Waals surface area contributed by atoms with Crippen LogP contribution in [0.5, 0.6) is 5.75 Å². The van der Waals surface area contributed by atoms with Crippen LogP contribution in [0.2, 0.25) is 0 Å². The summed E-state index contributed by atoms with van der Waals surface area (Å²) < 4.78 is 6.58. The maximum Gasteiger partial charge on any atom is 0.407 e. The van der Waals surface area contributed by atoms with Gasteiger partial charge in [-0.25, -0.2) is 14.8 Å². The Morgan fingerprint density at radius 1 is 1.15 bits per heavy atom. The Morgan fingerprint density at radius 2 is 1.88 bits per heavy atom. The second kappa shape index (κ2) is 12.2. The van der Waals surface area contributed by atoms with E-state index in [2.05, 4.69) is 9.97 Å². The number of aromatic nitrogens is 2. The number of nitrogens with zero attached hydrogens (tertiary/aromatic N) is 5. The molecule has 1 aliphatic heterocycles. The molecule has 1 aromatic heterocycles. The van der Waals surface area contributed by atoms with Crippen LogP contribution in [0.4, 0.5) is 16.3 Å². The van der Waals surface area contributed by atoms with Gasteiger partial charge in [0.1, 0.15) is 23.2 Å². The Labute approximate surface area is 240 Å². The average Bonchev–Trinajstić information content (AvgIpc) is 3.06. The first kappa shape index (κ1) is 29.2. The molecule has 2 heterocycles. The summed E-state index contributed by atoms with van der Waals surface area (Å²) in [6.45, 7) is 7.18. The highest BCUT2D eigenvalue weighted by molar-refractivity contribution is 7.98. The van der Waals surface area contributed by atoms with E-state index in [1.165, 1.54) is 16.7 Å². The quantitative estimate of drug-likeness (QED) is 0.270. The molecular formula is C30H37N5O4S. The van der Waals surface area contributed by atoms with Gasteiger partial charge in [0.15, 0.2) is 5.16 Å². The number of thioether (sulfide) groups is 1. The predicted octanol–water partition coefficient (Wildman–Crippen LogP) is 5.83. The van der Waals surface area contributed by atoms with Gasteiger partial charge in [0.05, 0.1) is 0 Å². The number of hydrogen-bond acceptors (Lipinski definition) is 7. The second-order valence-electron chi connectivity index (χ2n) is 11.0. The van der Waals surface area contributed by atoms with Crippen LogP contribution in [0.25, 0.3) is 0 Å². The molecule has 2 atom stereocenters. The van der Waals surface area contributed by atoms with Crippen molar-refractivity contribution in [2.24, 2.45) is 5.41 Å². The standard InChI is InChI=1S/C30H37N5O4S/c1-30(2,3)25(34(5)29(37)38)18-24(20-11-8-7-9-12-20)39-22-14-10-13-21(17-22)35-16-15-33(4)26-23(27(35)36)19-31-28(32-26)40-6/h7-14,17,19,24-25H,15-16,18H2,1-6H3,(H,37,38). The topological polar surface area (TPSA) is 99.1 Å².